The maximum absolute atomic E-state index is 13.1. The molecule has 0 aliphatic rings. The smallest absolute Gasteiger partial charge is 0.266 e. The molecule has 1 heterocycles. The van der Waals surface area contributed by atoms with Crippen LogP contribution in [0.3, 0.4) is 0 Å². The van der Waals surface area contributed by atoms with Gasteiger partial charge >= 0.3 is 0 Å². The molecule has 2 aromatic carbocycles. The van der Waals surface area contributed by atoms with Gasteiger partial charge in [-0.3, -0.25) is 4.79 Å². The van der Waals surface area contributed by atoms with Crippen molar-refractivity contribution in [2.24, 2.45) is 0 Å². The Morgan fingerprint density at radius 2 is 1.81 bits per heavy atom. The summed E-state index contributed by atoms with van der Waals surface area (Å²) < 4.78 is 13.1. The number of thiazole rings is 1. The van der Waals surface area contributed by atoms with E-state index in [0.717, 1.165) is 22.7 Å². The number of carbonyl (C=O) groups is 1. The van der Waals surface area contributed by atoms with Crippen molar-refractivity contribution in [1.82, 2.24) is 9.88 Å². The van der Waals surface area contributed by atoms with Crippen molar-refractivity contribution in [2.75, 3.05) is 7.05 Å². The number of hydrogen-bond acceptors (Lipinski definition) is 3. The number of aryl methyl sites for hydroxylation is 1. The van der Waals surface area contributed by atoms with Crippen LogP contribution in [-0.4, -0.2) is 22.8 Å². The van der Waals surface area contributed by atoms with Crippen molar-refractivity contribution in [3.8, 4) is 0 Å². The minimum atomic E-state index is -0.279. The van der Waals surface area contributed by atoms with Crippen LogP contribution in [0.1, 0.15) is 44.5 Å². The highest BCUT2D eigenvalue weighted by Gasteiger charge is 2.23. The average molecular weight is 368 g/mol. The summed E-state index contributed by atoms with van der Waals surface area (Å²) in [4.78, 5) is 19.8. The van der Waals surface area contributed by atoms with Gasteiger partial charge in [-0.05, 0) is 37.1 Å². The highest BCUT2D eigenvalue weighted by atomic mass is 32.1. The Morgan fingerprint density at radius 1 is 1.15 bits per heavy atom. The van der Waals surface area contributed by atoms with Gasteiger partial charge in [-0.2, -0.15) is 0 Å². The monoisotopic (exact) mass is 368 g/mol. The number of nitrogens with zero attached hydrogens (tertiary/aromatic N) is 2. The van der Waals surface area contributed by atoms with Crippen molar-refractivity contribution >= 4 is 17.2 Å². The van der Waals surface area contributed by atoms with Gasteiger partial charge in [0.1, 0.15) is 10.7 Å². The third kappa shape index (κ3) is 3.99. The lowest BCUT2D eigenvalue weighted by atomic mass is 10.1. The lowest BCUT2D eigenvalue weighted by Crippen LogP contribution is -2.29. The van der Waals surface area contributed by atoms with Crippen molar-refractivity contribution in [3.63, 3.8) is 0 Å². The van der Waals surface area contributed by atoms with E-state index in [9.17, 15) is 9.18 Å². The van der Waals surface area contributed by atoms with Crippen molar-refractivity contribution in [2.45, 2.75) is 26.3 Å². The van der Waals surface area contributed by atoms with Gasteiger partial charge in [-0.15, -0.1) is 11.3 Å². The van der Waals surface area contributed by atoms with E-state index < -0.39 is 0 Å². The first-order valence-electron chi connectivity index (χ1n) is 8.48. The molecule has 0 aliphatic heterocycles. The third-order valence-corrected chi connectivity index (χ3v) is 5.63. The maximum atomic E-state index is 13.1. The molecule has 3 aromatic rings. The van der Waals surface area contributed by atoms with E-state index in [1.54, 1.807) is 24.1 Å². The van der Waals surface area contributed by atoms with E-state index in [0.29, 0.717) is 4.88 Å². The van der Waals surface area contributed by atoms with Gasteiger partial charge in [-0.1, -0.05) is 42.5 Å². The number of halogens is 1. The predicted molar refractivity (Wildman–Crippen MR) is 103 cm³/mol. The molecule has 5 heteroatoms. The van der Waals surface area contributed by atoms with Crippen LogP contribution >= 0.6 is 11.3 Å². The number of hydrogen-bond donors (Lipinski definition) is 0. The molecule has 0 fully saturated rings. The van der Waals surface area contributed by atoms with E-state index in [2.05, 4.69) is 17.1 Å². The molecule has 3 nitrogen and oxygen atoms in total. The molecular weight excluding hydrogens is 347 g/mol. The van der Waals surface area contributed by atoms with Crippen LogP contribution < -0.4 is 0 Å². The fraction of sp³-hybridized carbons (Fsp3) is 0.238. The molecule has 0 aliphatic carbocycles. The third-order valence-electron chi connectivity index (χ3n) is 4.49. The zero-order valence-electron chi connectivity index (χ0n) is 15.1. The summed E-state index contributed by atoms with van der Waals surface area (Å²) in [6, 6.07) is 16.2. The molecule has 0 spiro atoms. The Balaban J connectivity index is 1.77. The molecular formula is C21H21FN2OS. The van der Waals surface area contributed by atoms with E-state index in [1.165, 1.54) is 29.0 Å². The van der Waals surface area contributed by atoms with Crippen LogP contribution in [0.15, 0.2) is 54.6 Å². The first kappa shape index (κ1) is 18.3. The molecule has 0 saturated carbocycles. The Morgan fingerprint density at radius 3 is 2.46 bits per heavy atom. The summed E-state index contributed by atoms with van der Waals surface area (Å²) in [6.45, 7) is 3.81. The number of amides is 1. The molecule has 0 N–H and O–H groups in total. The lowest BCUT2D eigenvalue weighted by molar-refractivity contribution is 0.0746. The molecule has 0 radical (unpaired) electrons. The number of benzene rings is 2. The Labute approximate surface area is 157 Å². The van der Waals surface area contributed by atoms with Crippen LogP contribution in [-0.2, 0) is 6.42 Å². The van der Waals surface area contributed by atoms with E-state index in [4.69, 9.17) is 0 Å². The molecule has 3 rings (SSSR count). The maximum Gasteiger partial charge on any atom is 0.266 e. The highest BCUT2D eigenvalue weighted by molar-refractivity contribution is 7.13. The highest BCUT2D eigenvalue weighted by Crippen LogP contribution is 2.26. The summed E-state index contributed by atoms with van der Waals surface area (Å²) in [5.74, 6) is -0.338. The molecule has 26 heavy (non-hydrogen) atoms. The zero-order valence-corrected chi connectivity index (χ0v) is 15.9. The number of aromatic nitrogens is 1. The van der Waals surface area contributed by atoms with E-state index in [-0.39, 0.29) is 17.8 Å². The molecule has 134 valence electrons. The Kier molecular flexibility index (Phi) is 5.47. The largest absolute Gasteiger partial charge is 0.334 e. The van der Waals surface area contributed by atoms with Crippen molar-refractivity contribution < 1.29 is 9.18 Å². The first-order chi connectivity index (χ1) is 12.5. The Hall–Kier alpha value is -2.53. The van der Waals surface area contributed by atoms with Crippen LogP contribution in [0.5, 0.6) is 0 Å². The van der Waals surface area contributed by atoms with Crippen LogP contribution in [0, 0.1) is 12.7 Å². The van der Waals surface area contributed by atoms with E-state index >= 15 is 0 Å². The fourth-order valence-corrected chi connectivity index (χ4v) is 3.88. The first-order valence-corrected chi connectivity index (χ1v) is 9.30. The molecule has 1 unspecified atom stereocenters. The minimum absolute atomic E-state index is 0.0591. The summed E-state index contributed by atoms with van der Waals surface area (Å²) >= 11 is 1.44. The van der Waals surface area contributed by atoms with E-state index in [1.807, 2.05) is 32.0 Å². The SMILES string of the molecule is Cc1nc(Cc2ccccc2)sc1C(=O)N(C)C(C)c1ccc(F)cc1. The van der Waals surface area contributed by atoms with Crippen LogP contribution in [0.2, 0.25) is 0 Å². The summed E-state index contributed by atoms with van der Waals surface area (Å²) in [5, 5.41) is 0.930. The molecule has 1 atom stereocenters. The second-order valence-corrected chi connectivity index (χ2v) is 7.41. The van der Waals surface area contributed by atoms with Gasteiger partial charge in [-0.25, -0.2) is 9.37 Å². The molecule has 1 aromatic heterocycles. The van der Waals surface area contributed by atoms with Crippen molar-refractivity contribution in [3.05, 3.63) is 87.1 Å². The topological polar surface area (TPSA) is 33.2 Å². The second kappa shape index (κ2) is 7.79. The van der Waals surface area contributed by atoms with Gasteiger partial charge in [0.15, 0.2) is 0 Å². The molecule has 0 saturated heterocycles. The number of rotatable bonds is 5. The summed E-state index contributed by atoms with van der Waals surface area (Å²) in [5.41, 5.74) is 2.83. The van der Waals surface area contributed by atoms with Gasteiger partial charge in [0.05, 0.1) is 16.7 Å². The lowest BCUT2D eigenvalue weighted by Gasteiger charge is -2.25. The average Bonchev–Trinajstić information content (AvgIpc) is 3.01. The molecule has 0 bridgehead atoms. The van der Waals surface area contributed by atoms with Crippen molar-refractivity contribution in [1.29, 1.82) is 0 Å². The van der Waals surface area contributed by atoms with Crippen LogP contribution in [0.4, 0.5) is 4.39 Å². The second-order valence-electron chi connectivity index (χ2n) is 6.33. The zero-order chi connectivity index (χ0) is 18.7. The van der Waals surface area contributed by atoms with Crippen LogP contribution in [0.25, 0.3) is 0 Å². The van der Waals surface area contributed by atoms with Gasteiger partial charge < -0.3 is 4.90 Å². The minimum Gasteiger partial charge on any atom is -0.334 e. The summed E-state index contributed by atoms with van der Waals surface area (Å²) in [6.07, 6.45) is 0.719. The Bertz CT molecular complexity index is 890. The predicted octanol–water partition coefficient (Wildman–Crippen LogP) is 5.01. The summed E-state index contributed by atoms with van der Waals surface area (Å²) in [7, 11) is 1.77. The normalized spacial score (nSPS) is 12.0. The van der Waals surface area contributed by atoms with Gasteiger partial charge in [0.25, 0.3) is 5.91 Å². The number of carbonyl (C=O) groups excluding carboxylic acids is 1. The van der Waals surface area contributed by atoms with Gasteiger partial charge in [0, 0.05) is 13.5 Å². The molecule has 1 amide bonds. The fourth-order valence-electron chi connectivity index (χ4n) is 2.80. The quantitative estimate of drug-likeness (QED) is 0.634. The van der Waals surface area contributed by atoms with Gasteiger partial charge in [0.2, 0.25) is 0 Å². The standard InChI is InChI=1S/C21H21FN2OS/c1-14-20(26-19(23-14)13-16-7-5-4-6-8-16)21(25)24(3)15(2)17-9-11-18(22)12-10-17/h4-12,15H,13H2,1-3H3.